The van der Waals surface area contributed by atoms with Crippen LogP contribution in [0.5, 0.6) is 11.5 Å². The topological polar surface area (TPSA) is 74.2 Å². The molecule has 3 aromatic rings. The van der Waals surface area contributed by atoms with Crippen LogP contribution in [0.4, 0.5) is 0 Å². The maximum absolute atomic E-state index is 12.6. The molecule has 8 heteroatoms. The van der Waals surface area contributed by atoms with Gasteiger partial charge < -0.3 is 14.2 Å². The molecule has 0 fully saturated rings. The van der Waals surface area contributed by atoms with Crippen molar-refractivity contribution in [3.05, 3.63) is 97.2 Å². The molecule has 0 spiro atoms. The first-order chi connectivity index (χ1) is 16.8. The number of carbonyl (C=O) groups is 2. The Kier molecular flexibility index (Phi) is 7.57. The van der Waals surface area contributed by atoms with Crippen LogP contribution in [0.1, 0.15) is 46.8 Å². The third-order valence-electron chi connectivity index (χ3n) is 5.29. The lowest BCUT2D eigenvalue weighted by molar-refractivity contribution is -0.129. The highest BCUT2D eigenvalue weighted by Gasteiger charge is 2.25. The van der Waals surface area contributed by atoms with Crippen LogP contribution in [0.3, 0.4) is 0 Å². The molecule has 0 amide bonds. The molecular weight excluding hydrogens is 581 g/mol. The molecule has 0 unspecified atom stereocenters. The predicted octanol–water partition coefficient (Wildman–Crippen LogP) is 6.64. The largest absolute Gasteiger partial charge is 0.493 e. The molecule has 6 nitrogen and oxygen atoms in total. The minimum absolute atomic E-state index is 0.159. The van der Waals surface area contributed by atoms with Gasteiger partial charge >= 0.3 is 11.9 Å². The normalized spacial score (nSPS) is 14.2. The number of carbonyl (C=O) groups excluding carboxylic acids is 2. The van der Waals surface area contributed by atoms with Gasteiger partial charge in [-0.05, 0) is 82.1 Å². The van der Waals surface area contributed by atoms with E-state index in [1.54, 1.807) is 42.5 Å². The van der Waals surface area contributed by atoms with E-state index in [9.17, 15) is 9.59 Å². The Bertz CT molecular complexity index is 1360. The van der Waals surface area contributed by atoms with Crippen molar-refractivity contribution < 1.29 is 23.8 Å². The van der Waals surface area contributed by atoms with Crippen LogP contribution in [0.2, 0.25) is 5.02 Å². The van der Waals surface area contributed by atoms with Crippen LogP contribution in [0.15, 0.2) is 71.4 Å². The SMILES string of the molecule is COc1cc(/C=C2\N=C(c3ccc(C(C)C)cc3)OC2=O)cc(I)c1OC(=O)c1ccccc1Cl. The molecule has 0 atom stereocenters. The monoisotopic (exact) mass is 601 g/mol. The molecule has 0 aromatic heterocycles. The smallest absolute Gasteiger partial charge is 0.363 e. The summed E-state index contributed by atoms with van der Waals surface area (Å²) < 4.78 is 17.0. The highest BCUT2D eigenvalue weighted by Crippen LogP contribution is 2.36. The van der Waals surface area contributed by atoms with Crippen molar-refractivity contribution >= 4 is 58.1 Å². The van der Waals surface area contributed by atoms with Gasteiger partial charge in [-0.25, -0.2) is 14.6 Å². The Morgan fingerprint density at radius 2 is 1.83 bits per heavy atom. The van der Waals surface area contributed by atoms with Crippen LogP contribution in [-0.2, 0) is 9.53 Å². The number of cyclic esters (lactones) is 1. The van der Waals surface area contributed by atoms with Gasteiger partial charge in [-0.15, -0.1) is 0 Å². The van der Waals surface area contributed by atoms with Crippen molar-refractivity contribution in [2.24, 2.45) is 4.99 Å². The molecule has 0 saturated heterocycles. The lowest BCUT2D eigenvalue weighted by Crippen LogP contribution is -2.11. The van der Waals surface area contributed by atoms with Crippen molar-refractivity contribution in [2.45, 2.75) is 19.8 Å². The zero-order valence-corrected chi connectivity index (χ0v) is 22.1. The summed E-state index contributed by atoms with van der Waals surface area (Å²) in [5.41, 5.74) is 2.95. The van der Waals surface area contributed by atoms with Crippen molar-refractivity contribution in [3.63, 3.8) is 0 Å². The van der Waals surface area contributed by atoms with Gasteiger partial charge in [-0.1, -0.05) is 49.7 Å². The molecule has 0 N–H and O–H groups in total. The number of aliphatic imine (C=N–C) groups is 1. The molecule has 1 aliphatic rings. The summed E-state index contributed by atoms with van der Waals surface area (Å²) in [6.45, 7) is 4.23. The number of esters is 2. The van der Waals surface area contributed by atoms with E-state index in [1.807, 2.05) is 46.9 Å². The predicted molar refractivity (Wildman–Crippen MR) is 143 cm³/mol. The van der Waals surface area contributed by atoms with Crippen LogP contribution >= 0.6 is 34.2 Å². The van der Waals surface area contributed by atoms with Gasteiger partial charge in [0.05, 0.1) is 21.3 Å². The first-order valence-corrected chi connectivity index (χ1v) is 12.2. The van der Waals surface area contributed by atoms with Gasteiger partial charge in [-0.2, -0.15) is 0 Å². The molecule has 0 bridgehead atoms. The Morgan fingerprint density at radius 1 is 1.11 bits per heavy atom. The minimum atomic E-state index is -0.602. The lowest BCUT2D eigenvalue weighted by Gasteiger charge is -2.13. The number of methoxy groups -OCH3 is 1. The summed E-state index contributed by atoms with van der Waals surface area (Å²) in [6.07, 6.45) is 1.60. The Labute approximate surface area is 221 Å². The molecular formula is C27H21ClINO5. The molecule has 178 valence electrons. The van der Waals surface area contributed by atoms with Gasteiger partial charge in [0.2, 0.25) is 5.90 Å². The van der Waals surface area contributed by atoms with E-state index in [-0.39, 0.29) is 22.9 Å². The average molecular weight is 602 g/mol. The zero-order chi connectivity index (χ0) is 25.1. The molecule has 0 radical (unpaired) electrons. The van der Waals surface area contributed by atoms with Gasteiger partial charge in [0.15, 0.2) is 17.2 Å². The summed E-state index contributed by atoms with van der Waals surface area (Å²) in [4.78, 5) is 29.5. The number of halogens is 2. The summed E-state index contributed by atoms with van der Waals surface area (Å²) in [7, 11) is 1.47. The van der Waals surface area contributed by atoms with Gasteiger partial charge in [0, 0.05) is 5.56 Å². The number of hydrogen-bond donors (Lipinski definition) is 0. The van der Waals surface area contributed by atoms with E-state index in [1.165, 1.54) is 12.7 Å². The van der Waals surface area contributed by atoms with Crippen LogP contribution in [0, 0.1) is 3.57 Å². The summed E-state index contributed by atoms with van der Waals surface area (Å²) in [5.74, 6) is 0.0826. The third kappa shape index (κ3) is 5.57. The van der Waals surface area contributed by atoms with Gasteiger partial charge in [0.1, 0.15) is 0 Å². The summed E-state index contributed by atoms with van der Waals surface area (Å²) >= 11 is 8.15. The third-order valence-corrected chi connectivity index (χ3v) is 6.42. The molecule has 4 rings (SSSR count). The molecule has 0 aliphatic carbocycles. The standard InChI is InChI=1S/C27H21ClINO5/c1-15(2)17-8-10-18(11-9-17)25-30-22(27(32)35-25)13-16-12-21(29)24(23(14-16)33-3)34-26(31)19-6-4-5-7-20(19)28/h4-15H,1-3H3/b22-13-. The summed E-state index contributed by atoms with van der Waals surface area (Å²) in [5, 5.41) is 0.292. The average Bonchev–Trinajstić information content (AvgIpc) is 3.20. The van der Waals surface area contributed by atoms with Gasteiger partial charge in [-0.3, -0.25) is 0 Å². The van der Waals surface area contributed by atoms with Crippen LogP contribution in [0.25, 0.3) is 6.08 Å². The highest BCUT2D eigenvalue weighted by molar-refractivity contribution is 14.1. The van der Waals surface area contributed by atoms with E-state index in [0.29, 0.717) is 25.8 Å². The summed E-state index contributed by atoms with van der Waals surface area (Å²) in [6, 6.07) is 17.8. The lowest BCUT2D eigenvalue weighted by atomic mass is 10.0. The van der Waals surface area contributed by atoms with Crippen LogP contribution in [-0.4, -0.2) is 24.9 Å². The fourth-order valence-corrected chi connectivity index (χ4v) is 4.35. The van der Waals surface area contributed by atoms with E-state index in [2.05, 4.69) is 18.8 Å². The van der Waals surface area contributed by atoms with Crippen molar-refractivity contribution in [1.82, 2.24) is 0 Å². The molecule has 1 heterocycles. The van der Waals surface area contributed by atoms with Crippen molar-refractivity contribution in [1.29, 1.82) is 0 Å². The quantitative estimate of drug-likeness (QED) is 0.137. The van der Waals surface area contributed by atoms with E-state index >= 15 is 0 Å². The van der Waals surface area contributed by atoms with Crippen LogP contribution < -0.4 is 9.47 Å². The first kappa shape index (κ1) is 24.9. The fraction of sp³-hybridized carbons (Fsp3) is 0.148. The second-order valence-corrected chi connectivity index (χ2v) is 9.59. The molecule has 35 heavy (non-hydrogen) atoms. The number of ether oxygens (including phenoxy) is 3. The van der Waals surface area contributed by atoms with E-state index in [4.69, 9.17) is 25.8 Å². The highest BCUT2D eigenvalue weighted by atomic mass is 127. The Balaban J connectivity index is 1.61. The Hall–Kier alpha value is -3.17. The molecule has 0 saturated carbocycles. The molecule has 3 aromatic carbocycles. The Morgan fingerprint density at radius 3 is 2.49 bits per heavy atom. The number of nitrogens with zero attached hydrogens (tertiary/aromatic N) is 1. The van der Waals surface area contributed by atoms with Crippen molar-refractivity contribution in [3.8, 4) is 11.5 Å². The minimum Gasteiger partial charge on any atom is -0.493 e. The first-order valence-electron chi connectivity index (χ1n) is 10.7. The maximum Gasteiger partial charge on any atom is 0.363 e. The second-order valence-electron chi connectivity index (χ2n) is 8.02. The van der Waals surface area contributed by atoms with Crippen molar-refractivity contribution in [2.75, 3.05) is 7.11 Å². The zero-order valence-electron chi connectivity index (χ0n) is 19.2. The second kappa shape index (κ2) is 10.6. The number of hydrogen-bond acceptors (Lipinski definition) is 6. The van der Waals surface area contributed by atoms with E-state index in [0.717, 1.165) is 5.56 Å². The van der Waals surface area contributed by atoms with E-state index < -0.39 is 11.9 Å². The molecule has 1 aliphatic heterocycles. The fourth-order valence-electron chi connectivity index (χ4n) is 3.40. The number of benzene rings is 3. The maximum atomic E-state index is 12.6. The van der Waals surface area contributed by atoms with Gasteiger partial charge in [0.25, 0.3) is 0 Å². The number of rotatable bonds is 6.